The predicted molar refractivity (Wildman–Crippen MR) is 78.1 cm³/mol. The molecule has 2 rings (SSSR count). The van der Waals surface area contributed by atoms with E-state index in [1.165, 1.54) is 10.6 Å². The van der Waals surface area contributed by atoms with Crippen molar-refractivity contribution in [2.24, 2.45) is 0 Å². The maximum Gasteiger partial charge on any atom is 0.0972 e. The van der Waals surface area contributed by atoms with Crippen LogP contribution in [0.1, 0.15) is 22.7 Å². The summed E-state index contributed by atoms with van der Waals surface area (Å²) >= 11 is 11.0. The van der Waals surface area contributed by atoms with Gasteiger partial charge in [-0.3, -0.25) is 0 Å². The lowest BCUT2D eigenvalue weighted by atomic mass is 10.2. The maximum atomic E-state index is 5.68. The molecule has 0 fully saturated rings. The van der Waals surface area contributed by atoms with Gasteiger partial charge in [0.2, 0.25) is 0 Å². The van der Waals surface area contributed by atoms with Crippen molar-refractivity contribution >= 4 is 38.9 Å². The summed E-state index contributed by atoms with van der Waals surface area (Å²) < 4.78 is 1.15. The molecular formula is C13H13BrClNS. The molecule has 0 aliphatic carbocycles. The molecule has 0 unspecified atom stereocenters. The summed E-state index contributed by atoms with van der Waals surface area (Å²) in [7, 11) is 0. The van der Waals surface area contributed by atoms with Crippen LogP contribution < -0.4 is 0 Å². The van der Waals surface area contributed by atoms with E-state index >= 15 is 0 Å². The molecular weight excluding hydrogens is 318 g/mol. The molecule has 0 atom stereocenters. The zero-order valence-electron chi connectivity index (χ0n) is 9.33. The standard InChI is InChI=1S/C13H13BrClNS/c14-12-6-2-1-4-10(12)8-13-16-11(9-17-13)5-3-7-15/h1-2,4,6,9H,3,5,7-8H2. The van der Waals surface area contributed by atoms with Crippen LogP contribution >= 0.6 is 38.9 Å². The van der Waals surface area contributed by atoms with Gasteiger partial charge in [-0.25, -0.2) is 4.98 Å². The van der Waals surface area contributed by atoms with E-state index in [0.29, 0.717) is 5.88 Å². The molecule has 0 aliphatic rings. The number of nitrogens with zero attached hydrogens (tertiary/aromatic N) is 1. The number of hydrogen-bond acceptors (Lipinski definition) is 2. The lowest BCUT2D eigenvalue weighted by Crippen LogP contribution is -1.91. The first-order valence-corrected chi connectivity index (χ1v) is 7.73. The van der Waals surface area contributed by atoms with Crippen molar-refractivity contribution in [2.45, 2.75) is 19.3 Å². The van der Waals surface area contributed by atoms with Crippen molar-refractivity contribution in [3.05, 3.63) is 50.4 Å². The van der Waals surface area contributed by atoms with Crippen LogP contribution in [0.15, 0.2) is 34.1 Å². The van der Waals surface area contributed by atoms with Crippen LogP contribution in [0.4, 0.5) is 0 Å². The number of aromatic nitrogens is 1. The molecule has 0 radical (unpaired) electrons. The first kappa shape index (κ1) is 13.1. The molecule has 0 bridgehead atoms. The summed E-state index contributed by atoms with van der Waals surface area (Å²) in [5.41, 5.74) is 2.45. The van der Waals surface area contributed by atoms with E-state index in [-0.39, 0.29) is 0 Å². The average Bonchev–Trinajstić information content (AvgIpc) is 2.77. The third-order valence-electron chi connectivity index (χ3n) is 2.47. The van der Waals surface area contributed by atoms with Crippen LogP contribution in [0, 0.1) is 0 Å². The maximum absolute atomic E-state index is 5.68. The highest BCUT2D eigenvalue weighted by Crippen LogP contribution is 2.21. The number of hydrogen-bond donors (Lipinski definition) is 0. The summed E-state index contributed by atoms with van der Waals surface area (Å²) in [6.45, 7) is 0. The molecule has 1 aromatic heterocycles. The van der Waals surface area contributed by atoms with Crippen molar-refractivity contribution in [1.82, 2.24) is 4.98 Å². The zero-order valence-corrected chi connectivity index (χ0v) is 12.5. The highest BCUT2D eigenvalue weighted by atomic mass is 79.9. The summed E-state index contributed by atoms with van der Waals surface area (Å²) in [6.07, 6.45) is 2.88. The number of halogens is 2. The van der Waals surface area contributed by atoms with Crippen LogP contribution in [0.5, 0.6) is 0 Å². The topological polar surface area (TPSA) is 12.9 Å². The molecule has 4 heteroatoms. The molecule has 0 spiro atoms. The largest absolute Gasteiger partial charge is 0.246 e. The zero-order chi connectivity index (χ0) is 12.1. The normalized spacial score (nSPS) is 10.7. The van der Waals surface area contributed by atoms with Gasteiger partial charge in [-0.15, -0.1) is 22.9 Å². The quantitative estimate of drug-likeness (QED) is 0.726. The summed E-state index contributed by atoms with van der Waals surface area (Å²) in [4.78, 5) is 4.62. The van der Waals surface area contributed by atoms with Crippen molar-refractivity contribution in [2.75, 3.05) is 5.88 Å². The van der Waals surface area contributed by atoms with Gasteiger partial charge in [0.05, 0.1) is 10.7 Å². The molecule has 0 amide bonds. The number of alkyl halides is 1. The molecule has 0 aliphatic heterocycles. The monoisotopic (exact) mass is 329 g/mol. The first-order chi connectivity index (χ1) is 8.29. The van der Waals surface area contributed by atoms with Crippen molar-refractivity contribution in [1.29, 1.82) is 0 Å². The Bertz CT molecular complexity index is 484. The summed E-state index contributed by atoms with van der Waals surface area (Å²) in [5.74, 6) is 0.705. The minimum absolute atomic E-state index is 0.705. The molecule has 2 aromatic rings. The molecule has 0 N–H and O–H groups in total. The minimum Gasteiger partial charge on any atom is -0.246 e. The summed E-state index contributed by atoms with van der Waals surface area (Å²) in [5, 5.41) is 3.31. The van der Waals surface area contributed by atoms with E-state index in [0.717, 1.165) is 29.4 Å². The fraction of sp³-hybridized carbons (Fsp3) is 0.308. The fourth-order valence-electron chi connectivity index (χ4n) is 1.60. The third-order valence-corrected chi connectivity index (χ3v) is 4.40. The van der Waals surface area contributed by atoms with Crippen LogP contribution in [0.3, 0.4) is 0 Å². The second-order valence-corrected chi connectivity index (χ2v) is 5.97. The van der Waals surface area contributed by atoms with E-state index in [4.69, 9.17) is 11.6 Å². The molecule has 0 saturated carbocycles. The Morgan fingerprint density at radius 1 is 1.29 bits per heavy atom. The van der Waals surface area contributed by atoms with E-state index in [1.807, 2.05) is 6.07 Å². The Morgan fingerprint density at radius 2 is 2.12 bits per heavy atom. The Balaban J connectivity index is 2.04. The lowest BCUT2D eigenvalue weighted by molar-refractivity contribution is 0.888. The van der Waals surface area contributed by atoms with Crippen molar-refractivity contribution in [3.63, 3.8) is 0 Å². The molecule has 0 saturated heterocycles. The molecule has 1 heterocycles. The van der Waals surface area contributed by atoms with E-state index in [9.17, 15) is 0 Å². The number of thiazole rings is 1. The van der Waals surface area contributed by atoms with Crippen LogP contribution in [0.25, 0.3) is 0 Å². The smallest absolute Gasteiger partial charge is 0.0972 e. The minimum atomic E-state index is 0.705. The van der Waals surface area contributed by atoms with E-state index in [2.05, 4.69) is 44.5 Å². The fourth-order valence-corrected chi connectivity index (χ4v) is 3.01. The average molecular weight is 331 g/mol. The Labute approximate surface area is 119 Å². The molecule has 90 valence electrons. The lowest BCUT2D eigenvalue weighted by Gasteiger charge is -2.00. The molecule has 17 heavy (non-hydrogen) atoms. The SMILES string of the molecule is ClCCCc1csc(Cc2ccccc2Br)n1. The van der Waals surface area contributed by atoms with Gasteiger partial charge in [-0.2, -0.15) is 0 Å². The first-order valence-electron chi connectivity index (χ1n) is 5.52. The Morgan fingerprint density at radius 3 is 2.88 bits per heavy atom. The number of rotatable bonds is 5. The molecule has 1 nitrogen and oxygen atoms in total. The van der Waals surface area contributed by atoms with E-state index in [1.54, 1.807) is 11.3 Å². The van der Waals surface area contributed by atoms with Gasteiger partial charge in [-0.1, -0.05) is 34.1 Å². The highest BCUT2D eigenvalue weighted by molar-refractivity contribution is 9.10. The van der Waals surface area contributed by atoms with Crippen molar-refractivity contribution in [3.8, 4) is 0 Å². The van der Waals surface area contributed by atoms with Gasteiger partial charge in [-0.05, 0) is 24.5 Å². The van der Waals surface area contributed by atoms with Crippen LogP contribution in [-0.4, -0.2) is 10.9 Å². The second kappa shape index (κ2) is 6.53. The second-order valence-electron chi connectivity index (χ2n) is 3.79. The van der Waals surface area contributed by atoms with Gasteiger partial charge >= 0.3 is 0 Å². The highest BCUT2D eigenvalue weighted by Gasteiger charge is 2.05. The van der Waals surface area contributed by atoms with Gasteiger partial charge in [0.15, 0.2) is 0 Å². The van der Waals surface area contributed by atoms with Gasteiger partial charge in [0, 0.05) is 22.2 Å². The van der Waals surface area contributed by atoms with Crippen LogP contribution in [-0.2, 0) is 12.8 Å². The van der Waals surface area contributed by atoms with Crippen molar-refractivity contribution < 1.29 is 0 Å². The summed E-state index contributed by atoms with van der Waals surface area (Å²) in [6, 6.07) is 8.28. The third kappa shape index (κ3) is 3.80. The Hall–Kier alpha value is -0.380. The molecule has 1 aromatic carbocycles. The van der Waals surface area contributed by atoms with Crippen LogP contribution in [0.2, 0.25) is 0 Å². The predicted octanol–water partition coefficient (Wildman–Crippen LogP) is 4.67. The van der Waals surface area contributed by atoms with Gasteiger partial charge in [0.1, 0.15) is 0 Å². The Kier molecular flexibility index (Phi) is 5.01. The number of benzene rings is 1. The van der Waals surface area contributed by atoms with Gasteiger partial charge in [0.25, 0.3) is 0 Å². The van der Waals surface area contributed by atoms with E-state index < -0.39 is 0 Å². The number of aryl methyl sites for hydroxylation is 1. The van der Waals surface area contributed by atoms with Gasteiger partial charge < -0.3 is 0 Å².